The third-order valence-corrected chi connectivity index (χ3v) is 14.6. The average molecular weight is 773 g/mol. The van der Waals surface area contributed by atoms with Gasteiger partial charge in [0.25, 0.3) is 0 Å². The summed E-state index contributed by atoms with van der Waals surface area (Å²) in [6.07, 6.45) is 5.29. The Morgan fingerprint density at radius 1 is 0.643 bits per heavy atom. The number of benzene rings is 2. The fourth-order valence-electron chi connectivity index (χ4n) is 10.3. The Morgan fingerprint density at radius 3 is 1.27 bits per heavy atom. The first kappa shape index (κ1) is 44.0. The second-order valence-corrected chi connectivity index (χ2v) is 19.2. The standard InChI is InChI=1S/C48H76N4O4/c1-15-19-21-31(17-3)45(55)49-37-25-39-35(47(11,12)29(9)51(39)27(5)6)23-33(37)41-43(53)42(44(41)54)34-24-36-40(52(28(7)8)30(10)48(36,13)14)26-38(34)50-46(56)32(18-4)22-20-16-2/h23-32,41-44,53-54H,15-22H2,1-14H3,(H,49,55)(H,50,56). The first-order chi connectivity index (χ1) is 26.3. The number of hydrogen-bond acceptors (Lipinski definition) is 6. The van der Waals surface area contributed by atoms with Gasteiger partial charge in [-0.1, -0.05) is 93.2 Å². The summed E-state index contributed by atoms with van der Waals surface area (Å²) in [7, 11) is 0. The average Bonchev–Trinajstić information content (AvgIpc) is 3.45. The van der Waals surface area contributed by atoms with Crippen molar-refractivity contribution in [1.29, 1.82) is 0 Å². The van der Waals surface area contributed by atoms with Crippen LogP contribution >= 0.6 is 0 Å². The molecule has 0 aromatic heterocycles. The van der Waals surface area contributed by atoms with Gasteiger partial charge in [0.15, 0.2) is 0 Å². The van der Waals surface area contributed by atoms with Gasteiger partial charge in [-0.05, 0) is 102 Å². The third kappa shape index (κ3) is 7.63. The number of nitrogens with one attached hydrogen (secondary N) is 2. The van der Waals surface area contributed by atoms with Gasteiger partial charge in [-0.2, -0.15) is 0 Å². The van der Waals surface area contributed by atoms with Gasteiger partial charge in [-0.25, -0.2) is 0 Å². The predicted molar refractivity (Wildman–Crippen MR) is 234 cm³/mol. The van der Waals surface area contributed by atoms with Crippen molar-refractivity contribution < 1.29 is 19.8 Å². The Hall–Kier alpha value is -3.10. The van der Waals surface area contributed by atoms with Crippen molar-refractivity contribution in [2.24, 2.45) is 11.8 Å². The topological polar surface area (TPSA) is 105 Å². The van der Waals surface area contributed by atoms with E-state index in [1.807, 2.05) is 0 Å². The number of carbonyl (C=O) groups excluding carboxylic acids is 2. The van der Waals surface area contributed by atoms with Gasteiger partial charge in [0.1, 0.15) is 0 Å². The number of nitrogens with zero attached hydrogens (tertiary/aromatic N) is 2. The molecule has 2 aliphatic heterocycles. The molecule has 8 nitrogen and oxygen atoms in total. The molecule has 1 aliphatic carbocycles. The molecular formula is C48H76N4O4. The molecule has 4 N–H and O–H groups in total. The maximum atomic E-state index is 14.0. The van der Waals surface area contributed by atoms with Crippen LogP contribution in [0.1, 0.15) is 182 Å². The van der Waals surface area contributed by atoms with Crippen LogP contribution < -0.4 is 20.4 Å². The summed E-state index contributed by atoms with van der Waals surface area (Å²) in [6.45, 7) is 30.8. The maximum Gasteiger partial charge on any atom is 0.227 e. The van der Waals surface area contributed by atoms with E-state index in [9.17, 15) is 19.8 Å². The molecule has 0 saturated heterocycles. The molecule has 0 radical (unpaired) electrons. The molecule has 0 bridgehead atoms. The van der Waals surface area contributed by atoms with Crippen molar-refractivity contribution in [1.82, 2.24) is 0 Å². The van der Waals surface area contributed by atoms with E-state index in [-0.39, 0.29) is 58.6 Å². The minimum absolute atomic E-state index is 0.00774. The van der Waals surface area contributed by atoms with Gasteiger partial charge in [0, 0.05) is 81.4 Å². The first-order valence-electron chi connectivity index (χ1n) is 22.2. The summed E-state index contributed by atoms with van der Waals surface area (Å²) in [4.78, 5) is 32.8. The van der Waals surface area contributed by atoms with E-state index in [4.69, 9.17) is 0 Å². The van der Waals surface area contributed by atoms with Gasteiger partial charge in [0.05, 0.1) is 12.2 Å². The zero-order chi connectivity index (χ0) is 41.6. The second-order valence-electron chi connectivity index (χ2n) is 19.2. The van der Waals surface area contributed by atoms with E-state index in [1.54, 1.807) is 0 Å². The number of carbonyl (C=O) groups is 2. The molecule has 5 rings (SSSR count). The van der Waals surface area contributed by atoms with Gasteiger partial charge >= 0.3 is 0 Å². The summed E-state index contributed by atoms with van der Waals surface area (Å²) in [5.74, 6) is -1.50. The Kier molecular flexibility index (Phi) is 13.4. The first-order valence-corrected chi connectivity index (χ1v) is 22.2. The lowest BCUT2D eigenvalue weighted by molar-refractivity contribution is -0.121. The normalized spacial score (nSPS) is 25.9. The quantitative estimate of drug-likeness (QED) is 0.135. The number of aliphatic hydroxyl groups excluding tert-OH is 2. The zero-order valence-electron chi connectivity index (χ0n) is 37.3. The number of aliphatic hydroxyl groups is 2. The number of hydrogen-bond donors (Lipinski definition) is 4. The number of anilines is 4. The minimum atomic E-state index is -0.942. The molecule has 1 fully saturated rings. The van der Waals surface area contributed by atoms with Gasteiger partial charge in [-0.15, -0.1) is 0 Å². The monoisotopic (exact) mass is 773 g/mol. The molecule has 1 saturated carbocycles. The van der Waals surface area contributed by atoms with Crippen LogP contribution in [0.25, 0.3) is 0 Å². The summed E-state index contributed by atoms with van der Waals surface area (Å²) < 4.78 is 0. The molecule has 0 spiro atoms. The molecule has 8 heteroatoms. The van der Waals surface area contributed by atoms with E-state index in [0.717, 1.165) is 73.9 Å². The van der Waals surface area contributed by atoms with E-state index >= 15 is 0 Å². The van der Waals surface area contributed by atoms with Crippen molar-refractivity contribution in [2.75, 3.05) is 20.4 Å². The van der Waals surface area contributed by atoms with Crippen LogP contribution in [0.3, 0.4) is 0 Å². The highest BCUT2D eigenvalue weighted by molar-refractivity contribution is 5.96. The van der Waals surface area contributed by atoms with Crippen LogP contribution in [-0.4, -0.2) is 58.4 Å². The van der Waals surface area contributed by atoms with E-state index in [1.165, 1.54) is 11.1 Å². The maximum absolute atomic E-state index is 14.0. The van der Waals surface area contributed by atoms with E-state index < -0.39 is 24.0 Å². The molecule has 312 valence electrons. The lowest BCUT2D eigenvalue weighted by Gasteiger charge is -2.48. The highest BCUT2D eigenvalue weighted by Gasteiger charge is 2.54. The Balaban J connectivity index is 1.63. The van der Waals surface area contributed by atoms with Crippen molar-refractivity contribution in [3.8, 4) is 0 Å². The van der Waals surface area contributed by atoms with Crippen LogP contribution in [0.4, 0.5) is 22.7 Å². The number of fused-ring (bicyclic) bond motifs is 2. The van der Waals surface area contributed by atoms with Crippen molar-refractivity contribution >= 4 is 34.6 Å². The van der Waals surface area contributed by atoms with Gasteiger partial charge < -0.3 is 30.6 Å². The molecule has 2 amide bonds. The molecule has 2 aromatic carbocycles. The van der Waals surface area contributed by atoms with Crippen LogP contribution in [0.2, 0.25) is 0 Å². The fourth-order valence-corrected chi connectivity index (χ4v) is 10.3. The van der Waals surface area contributed by atoms with E-state index in [2.05, 4.69) is 142 Å². The molecule has 2 heterocycles. The minimum Gasteiger partial charge on any atom is -0.392 e. The van der Waals surface area contributed by atoms with E-state index in [0.29, 0.717) is 11.4 Å². The summed E-state index contributed by atoms with van der Waals surface area (Å²) in [5.41, 5.74) is 7.05. The van der Waals surface area contributed by atoms with Crippen LogP contribution in [0, 0.1) is 11.8 Å². The molecular weight excluding hydrogens is 697 g/mol. The molecule has 4 unspecified atom stereocenters. The number of rotatable bonds is 16. The van der Waals surface area contributed by atoms with Gasteiger partial charge in [0.2, 0.25) is 11.8 Å². The predicted octanol–water partition coefficient (Wildman–Crippen LogP) is 10.4. The molecule has 56 heavy (non-hydrogen) atoms. The van der Waals surface area contributed by atoms with Crippen LogP contribution in [-0.2, 0) is 20.4 Å². The molecule has 3 aliphatic rings. The fraction of sp³-hybridized carbons (Fsp3) is 0.708. The number of amides is 2. The highest BCUT2D eigenvalue weighted by Crippen LogP contribution is 2.57. The van der Waals surface area contributed by atoms with Crippen molar-refractivity contribution in [2.45, 2.75) is 207 Å². The largest absolute Gasteiger partial charge is 0.392 e. The lowest BCUT2D eigenvalue weighted by atomic mass is 9.61. The SMILES string of the molecule is CCCCC(CC)C(=O)Nc1cc2c(cc1C1C(O)C(c3cc4c(cc3NC(=O)C(CC)CCCC)N(C(C)C)C(C)C4(C)C)C1O)C(C)(C)C(C)N2C(C)C. The molecule has 2 aromatic rings. The van der Waals surface area contributed by atoms with Crippen LogP contribution in [0.5, 0.6) is 0 Å². The Labute approximate surface area is 339 Å². The third-order valence-electron chi connectivity index (χ3n) is 14.6. The Morgan fingerprint density at radius 2 is 0.982 bits per heavy atom. The van der Waals surface area contributed by atoms with Gasteiger partial charge in [-0.3, -0.25) is 9.59 Å². The lowest BCUT2D eigenvalue weighted by Crippen LogP contribution is -2.52. The van der Waals surface area contributed by atoms with Crippen molar-refractivity contribution in [3.63, 3.8) is 0 Å². The van der Waals surface area contributed by atoms with Crippen molar-refractivity contribution in [3.05, 3.63) is 46.5 Å². The highest BCUT2D eigenvalue weighted by atomic mass is 16.3. The Bertz CT molecular complexity index is 1600. The number of unbranched alkanes of at least 4 members (excludes halogenated alkanes) is 2. The zero-order valence-corrected chi connectivity index (χ0v) is 37.3. The second kappa shape index (κ2) is 17.0. The smallest absolute Gasteiger partial charge is 0.227 e. The summed E-state index contributed by atoms with van der Waals surface area (Å²) >= 11 is 0. The van der Waals surface area contributed by atoms with Crippen LogP contribution in [0.15, 0.2) is 24.3 Å². The summed E-state index contributed by atoms with van der Waals surface area (Å²) in [6, 6.07) is 9.48. The summed E-state index contributed by atoms with van der Waals surface area (Å²) in [5, 5.41) is 31.5. The molecule has 4 atom stereocenters.